The maximum Gasteiger partial charge on any atom is 0.253 e. The van der Waals surface area contributed by atoms with Crippen LogP contribution in [0, 0.1) is 19.8 Å². The quantitative estimate of drug-likeness (QED) is 0.927. The molecule has 0 saturated carbocycles. The van der Waals surface area contributed by atoms with Gasteiger partial charge in [-0.15, -0.1) is 0 Å². The summed E-state index contributed by atoms with van der Waals surface area (Å²) in [5.74, 6) is -0.159. The summed E-state index contributed by atoms with van der Waals surface area (Å²) in [6, 6.07) is 15.2. The maximum atomic E-state index is 12.8. The number of para-hydroxylation sites is 1. The smallest absolute Gasteiger partial charge is 0.253 e. The van der Waals surface area contributed by atoms with E-state index in [9.17, 15) is 9.59 Å². The molecule has 2 aromatic rings. The number of benzene rings is 2. The Labute approximate surface area is 148 Å². The van der Waals surface area contributed by atoms with E-state index in [-0.39, 0.29) is 17.7 Å². The Morgan fingerprint density at radius 1 is 1.04 bits per heavy atom. The number of likely N-dealkylation sites (tertiary alicyclic amines) is 1. The topological polar surface area (TPSA) is 49.4 Å². The summed E-state index contributed by atoms with van der Waals surface area (Å²) in [7, 11) is 0. The molecule has 1 heterocycles. The third-order valence-corrected chi connectivity index (χ3v) is 4.87. The molecule has 0 aromatic heterocycles. The summed E-state index contributed by atoms with van der Waals surface area (Å²) in [6.07, 6.45) is 1.67. The third kappa shape index (κ3) is 4.08. The molecule has 1 N–H and O–H groups in total. The van der Waals surface area contributed by atoms with Gasteiger partial charge in [-0.2, -0.15) is 0 Å². The first-order valence-corrected chi connectivity index (χ1v) is 8.77. The minimum absolute atomic E-state index is 0.0104. The first-order chi connectivity index (χ1) is 12.0. The summed E-state index contributed by atoms with van der Waals surface area (Å²) in [5, 5.41) is 2.95. The van der Waals surface area contributed by atoms with Crippen LogP contribution in [0.3, 0.4) is 0 Å². The molecule has 1 aliphatic heterocycles. The van der Waals surface area contributed by atoms with Crippen LogP contribution >= 0.6 is 0 Å². The van der Waals surface area contributed by atoms with Gasteiger partial charge in [0, 0.05) is 24.3 Å². The lowest BCUT2D eigenvalue weighted by Crippen LogP contribution is -2.43. The van der Waals surface area contributed by atoms with Gasteiger partial charge >= 0.3 is 0 Å². The van der Waals surface area contributed by atoms with Crippen molar-refractivity contribution < 1.29 is 9.59 Å². The highest BCUT2D eigenvalue weighted by Crippen LogP contribution is 2.21. The molecule has 4 heteroatoms. The van der Waals surface area contributed by atoms with E-state index >= 15 is 0 Å². The predicted molar refractivity (Wildman–Crippen MR) is 99.6 cm³/mol. The third-order valence-electron chi connectivity index (χ3n) is 4.87. The molecule has 1 unspecified atom stereocenters. The monoisotopic (exact) mass is 336 g/mol. The molecule has 1 saturated heterocycles. The number of hydrogen-bond donors (Lipinski definition) is 1. The van der Waals surface area contributed by atoms with Gasteiger partial charge in [-0.25, -0.2) is 0 Å². The average molecular weight is 336 g/mol. The second-order valence-electron chi connectivity index (χ2n) is 6.74. The van der Waals surface area contributed by atoms with Crippen molar-refractivity contribution in [2.24, 2.45) is 5.92 Å². The predicted octanol–water partition coefficient (Wildman–Crippen LogP) is 3.79. The number of aryl methyl sites for hydroxylation is 2. The Balaban J connectivity index is 1.67. The average Bonchev–Trinajstić information content (AvgIpc) is 2.64. The van der Waals surface area contributed by atoms with E-state index in [1.54, 1.807) is 0 Å². The van der Waals surface area contributed by atoms with Crippen LogP contribution < -0.4 is 5.32 Å². The van der Waals surface area contributed by atoms with E-state index in [0.717, 1.165) is 24.1 Å². The molecule has 3 rings (SSSR count). The molecule has 2 amide bonds. The van der Waals surface area contributed by atoms with Gasteiger partial charge in [0.15, 0.2) is 0 Å². The number of piperidine rings is 1. The van der Waals surface area contributed by atoms with Crippen molar-refractivity contribution in [3.05, 3.63) is 65.2 Å². The number of carbonyl (C=O) groups excluding carboxylic acids is 2. The van der Waals surface area contributed by atoms with E-state index in [1.165, 1.54) is 5.56 Å². The summed E-state index contributed by atoms with van der Waals surface area (Å²) in [4.78, 5) is 27.1. The van der Waals surface area contributed by atoms with E-state index in [2.05, 4.69) is 5.32 Å². The van der Waals surface area contributed by atoms with Gasteiger partial charge in [0.1, 0.15) is 0 Å². The van der Waals surface area contributed by atoms with Gasteiger partial charge in [0.25, 0.3) is 5.91 Å². The molecule has 0 aliphatic carbocycles. The van der Waals surface area contributed by atoms with Crippen molar-refractivity contribution in [2.75, 3.05) is 18.4 Å². The first kappa shape index (κ1) is 17.2. The van der Waals surface area contributed by atoms with Crippen LogP contribution in [0.4, 0.5) is 5.69 Å². The highest BCUT2D eigenvalue weighted by atomic mass is 16.2. The molecule has 1 aliphatic rings. The Kier molecular flexibility index (Phi) is 5.17. The number of nitrogens with one attached hydrogen (secondary N) is 1. The molecule has 0 bridgehead atoms. The number of anilines is 1. The van der Waals surface area contributed by atoms with Crippen LogP contribution in [0.5, 0.6) is 0 Å². The molecule has 4 nitrogen and oxygen atoms in total. The zero-order chi connectivity index (χ0) is 17.8. The Hall–Kier alpha value is -2.62. The van der Waals surface area contributed by atoms with E-state index in [0.29, 0.717) is 18.7 Å². The highest BCUT2D eigenvalue weighted by molar-refractivity contribution is 5.96. The molecular formula is C21H24N2O2. The molecule has 2 aromatic carbocycles. The SMILES string of the molecule is Cc1ccc(C(=O)N2CCCC(C(=O)Nc3ccccc3)C2)cc1C. The molecule has 1 atom stereocenters. The van der Waals surface area contributed by atoms with Crippen molar-refractivity contribution in [1.82, 2.24) is 4.90 Å². The van der Waals surface area contributed by atoms with Gasteiger partial charge < -0.3 is 10.2 Å². The van der Waals surface area contributed by atoms with Gasteiger partial charge in [-0.05, 0) is 62.1 Å². The normalized spacial score (nSPS) is 17.2. The second kappa shape index (κ2) is 7.51. The maximum absolute atomic E-state index is 12.8. The lowest BCUT2D eigenvalue weighted by Gasteiger charge is -2.32. The van der Waals surface area contributed by atoms with Gasteiger partial charge in [0.05, 0.1) is 5.92 Å². The number of rotatable bonds is 3. The lowest BCUT2D eigenvalue weighted by atomic mass is 9.96. The van der Waals surface area contributed by atoms with Crippen molar-refractivity contribution in [1.29, 1.82) is 0 Å². The number of nitrogens with zero attached hydrogens (tertiary/aromatic N) is 1. The van der Waals surface area contributed by atoms with Crippen molar-refractivity contribution >= 4 is 17.5 Å². The number of carbonyl (C=O) groups is 2. The number of amides is 2. The number of hydrogen-bond acceptors (Lipinski definition) is 2. The van der Waals surface area contributed by atoms with Crippen LogP contribution in [-0.4, -0.2) is 29.8 Å². The summed E-state index contributed by atoms with van der Waals surface area (Å²) in [5.41, 5.74) is 3.79. The van der Waals surface area contributed by atoms with Gasteiger partial charge in [-0.1, -0.05) is 24.3 Å². The fraction of sp³-hybridized carbons (Fsp3) is 0.333. The van der Waals surface area contributed by atoms with Crippen LogP contribution in [0.2, 0.25) is 0 Å². The zero-order valence-electron chi connectivity index (χ0n) is 14.8. The Bertz CT molecular complexity index is 771. The highest BCUT2D eigenvalue weighted by Gasteiger charge is 2.29. The standard InChI is InChI=1S/C21H24N2O2/c1-15-10-11-17(13-16(15)2)21(25)23-12-6-7-18(14-23)20(24)22-19-8-4-3-5-9-19/h3-5,8-11,13,18H,6-7,12,14H2,1-2H3,(H,22,24). The first-order valence-electron chi connectivity index (χ1n) is 8.77. The van der Waals surface area contributed by atoms with Crippen LogP contribution in [0.25, 0.3) is 0 Å². The van der Waals surface area contributed by atoms with E-state index in [4.69, 9.17) is 0 Å². The summed E-state index contributed by atoms with van der Waals surface area (Å²) in [6.45, 7) is 5.23. The van der Waals surface area contributed by atoms with E-state index in [1.807, 2.05) is 67.3 Å². The summed E-state index contributed by atoms with van der Waals surface area (Å²) >= 11 is 0. The minimum Gasteiger partial charge on any atom is -0.338 e. The minimum atomic E-state index is -0.163. The van der Waals surface area contributed by atoms with E-state index < -0.39 is 0 Å². The van der Waals surface area contributed by atoms with Gasteiger partial charge in [-0.3, -0.25) is 9.59 Å². The van der Waals surface area contributed by atoms with Crippen LogP contribution in [0.1, 0.15) is 34.3 Å². The lowest BCUT2D eigenvalue weighted by molar-refractivity contribution is -0.121. The fourth-order valence-corrected chi connectivity index (χ4v) is 3.20. The van der Waals surface area contributed by atoms with Crippen LogP contribution in [-0.2, 0) is 4.79 Å². The molecule has 0 spiro atoms. The molecule has 130 valence electrons. The van der Waals surface area contributed by atoms with Crippen molar-refractivity contribution in [2.45, 2.75) is 26.7 Å². The fourth-order valence-electron chi connectivity index (χ4n) is 3.20. The zero-order valence-corrected chi connectivity index (χ0v) is 14.8. The van der Waals surface area contributed by atoms with Crippen LogP contribution in [0.15, 0.2) is 48.5 Å². The summed E-state index contributed by atoms with van der Waals surface area (Å²) < 4.78 is 0. The second-order valence-corrected chi connectivity index (χ2v) is 6.74. The Morgan fingerprint density at radius 3 is 2.52 bits per heavy atom. The van der Waals surface area contributed by atoms with Crippen molar-refractivity contribution in [3.63, 3.8) is 0 Å². The molecule has 0 radical (unpaired) electrons. The van der Waals surface area contributed by atoms with Gasteiger partial charge in [0.2, 0.25) is 5.91 Å². The van der Waals surface area contributed by atoms with Crippen molar-refractivity contribution in [3.8, 4) is 0 Å². The molecule has 25 heavy (non-hydrogen) atoms. The molecule has 1 fully saturated rings. The molecular weight excluding hydrogens is 312 g/mol. The largest absolute Gasteiger partial charge is 0.338 e. The Morgan fingerprint density at radius 2 is 1.80 bits per heavy atom.